The Kier molecular flexibility index (Phi) is 6.80. The normalized spacial score (nSPS) is 10.6. The Morgan fingerprint density at radius 1 is 0.933 bits per heavy atom. The van der Waals surface area contributed by atoms with Crippen molar-refractivity contribution in [2.45, 2.75) is 26.4 Å². The summed E-state index contributed by atoms with van der Waals surface area (Å²) in [6.07, 6.45) is 1.53. The van der Waals surface area contributed by atoms with E-state index < -0.39 is 17.2 Å². The topological polar surface area (TPSA) is 70.3 Å². The average molecular weight is 404 g/mol. The average Bonchev–Trinajstić information content (AvgIpc) is 2.76. The van der Waals surface area contributed by atoms with Gasteiger partial charge in [0.2, 0.25) is 0 Å². The minimum absolute atomic E-state index is 0.0154. The maximum absolute atomic E-state index is 13.1. The van der Waals surface area contributed by atoms with Crippen LogP contribution in [-0.2, 0) is 29.0 Å². The van der Waals surface area contributed by atoms with E-state index in [-0.39, 0.29) is 25.1 Å². The fraction of sp³-hybridized carbons (Fsp3) is 0.208. The van der Waals surface area contributed by atoms with Gasteiger partial charge in [0.15, 0.2) is 0 Å². The predicted octanol–water partition coefficient (Wildman–Crippen LogP) is 2.77. The molecule has 1 heterocycles. The third kappa shape index (κ3) is 5.03. The second kappa shape index (κ2) is 9.69. The molecule has 0 atom stereocenters. The minimum atomic E-state index is -0.549. The van der Waals surface area contributed by atoms with E-state index in [0.717, 1.165) is 11.1 Å². The molecule has 0 aliphatic rings. The largest absolute Gasteiger partial charge is 0.463 e. The maximum Gasteiger partial charge on any atom is 0.333 e. The Hall–Kier alpha value is -3.67. The molecular weight excluding hydrogens is 380 g/mol. The third-order valence-corrected chi connectivity index (χ3v) is 4.66. The molecule has 1 aromatic heterocycles. The summed E-state index contributed by atoms with van der Waals surface area (Å²) in [6.45, 7) is 6.14. The number of carbonyl (C=O) groups is 1. The number of hydrogen-bond acceptors (Lipinski definition) is 4. The Bertz CT molecular complexity index is 1150. The molecule has 0 bridgehead atoms. The summed E-state index contributed by atoms with van der Waals surface area (Å²) >= 11 is 0. The van der Waals surface area contributed by atoms with Crippen LogP contribution in [0.15, 0.2) is 88.6 Å². The van der Waals surface area contributed by atoms with Crippen LogP contribution in [0.5, 0.6) is 0 Å². The van der Waals surface area contributed by atoms with Crippen molar-refractivity contribution in [2.75, 3.05) is 6.61 Å². The van der Waals surface area contributed by atoms with Crippen molar-refractivity contribution < 1.29 is 9.53 Å². The second-order valence-electron chi connectivity index (χ2n) is 6.93. The van der Waals surface area contributed by atoms with Crippen LogP contribution in [0.2, 0.25) is 0 Å². The molecule has 0 N–H and O–H groups in total. The van der Waals surface area contributed by atoms with E-state index in [1.165, 1.54) is 15.3 Å². The fourth-order valence-corrected chi connectivity index (χ4v) is 3.17. The second-order valence-corrected chi connectivity index (χ2v) is 6.93. The quantitative estimate of drug-likeness (QED) is 0.428. The van der Waals surface area contributed by atoms with Crippen LogP contribution < -0.4 is 11.2 Å². The van der Waals surface area contributed by atoms with Crippen molar-refractivity contribution in [2.24, 2.45) is 0 Å². The van der Waals surface area contributed by atoms with Crippen LogP contribution in [0, 0.1) is 0 Å². The number of hydrogen-bond donors (Lipinski definition) is 0. The molecule has 0 saturated carbocycles. The van der Waals surface area contributed by atoms with Gasteiger partial charge in [0.05, 0.1) is 19.7 Å². The first-order valence-corrected chi connectivity index (χ1v) is 9.75. The number of aromatic nitrogens is 2. The molecule has 30 heavy (non-hydrogen) atoms. The lowest BCUT2D eigenvalue weighted by atomic mass is 10.1. The highest BCUT2D eigenvalue weighted by Gasteiger charge is 2.16. The summed E-state index contributed by atoms with van der Waals surface area (Å²) in [4.78, 5) is 38.1. The summed E-state index contributed by atoms with van der Waals surface area (Å²) < 4.78 is 7.67. The Morgan fingerprint density at radius 2 is 1.50 bits per heavy atom. The molecule has 0 amide bonds. The van der Waals surface area contributed by atoms with Crippen LogP contribution in [0.25, 0.3) is 0 Å². The lowest BCUT2D eigenvalue weighted by Gasteiger charge is -2.14. The summed E-state index contributed by atoms with van der Waals surface area (Å²) in [5, 5.41) is 0. The van der Waals surface area contributed by atoms with Crippen molar-refractivity contribution >= 4 is 5.97 Å². The van der Waals surface area contributed by atoms with Gasteiger partial charge >= 0.3 is 11.7 Å². The van der Waals surface area contributed by atoms with Crippen LogP contribution in [0.3, 0.4) is 0 Å². The molecule has 0 aliphatic heterocycles. The zero-order chi connectivity index (χ0) is 21.5. The van der Waals surface area contributed by atoms with Gasteiger partial charge in [-0.05, 0) is 18.1 Å². The molecule has 0 radical (unpaired) electrons. The number of esters is 1. The molecular formula is C24H24N2O4. The zero-order valence-corrected chi connectivity index (χ0v) is 16.9. The lowest BCUT2D eigenvalue weighted by molar-refractivity contribution is -0.138. The lowest BCUT2D eigenvalue weighted by Crippen LogP contribution is -2.42. The van der Waals surface area contributed by atoms with E-state index in [0.29, 0.717) is 12.1 Å². The molecule has 3 aromatic rings. The van der Waals surface area contributed by atoms with Gasteiger partial charge in [0.1, 0.15) is 0 Å². The van der Waals surface area contributed by atoms with Crippen LogP contribution in [0.1, 0.15) is 23.6 Å². The molecule has 0 aliphatic carbocycles. The van der Waals surface area contributed by atoms with Gasteiger partial charge in [-0.1, -0.05) is 67.2 Å². The van der Waals surface area contributed by atoms with Gasteiger partial charge in [0, 0.05) is 23.8 Å². The van der Waals surface area contributed by atoms with Gasteiger partial charge in [-0.2, -0.15) is 0 Å². The van der Waals surface area contributed by atoms with Crippen LogP contribution in [0.4, 0.5) is 0 Å². The molecule has 154 valence electrons. The number of ether oxygens (including phenoxy) is 1. The third-order valence-electron chi connectivity index (χ3n) is 4.66. The van der Waals surface area contributed by atoms with Gasteiger partial charge in [0.25, 0.3) is 5.56 Å². The van der Waals surface area contributed by atoms with E-state index in [9.17, 15) is 14.4 Å². The Balaban J connectivity index is 2.04. The molecule has 0 fully saturated rings. The SMILES string of the molecule is C=C(Cc1cn(Cc2ccccc2)c(=O)n(Cc2ccccc2)c1=O)C(=O)OCC. The monoisotopic (exact) mass is 404 g/mol. The maximum atomic E-state index is 13.1. The number of nitrogens with zero attached hydrogens (tertiary/aromatic N) is 2. The number of benzene rings is 2. The highest BCUT2D eigenvalue weighted by molar-refractivity contribution is 5.88. The van der Waals surface area contributed by atoms with E-state index in [4.69, 9.17) is 4.74 Å². The van der Waals surface area contributed by atoms with Gasteiger partial charge < -0.3 is 4.74 Å². The summed E-state index contributed by atoms with van der Waals surface area (Å²) in [5.74, 6) is -0.549. The fourth-order valence-electron chi connectivity index (χ4n) is 3.17. The molecule has 3 rings (SSSR count). The Labute approximate surface area is 174 Å². The first-order chi connectivity index (χ1) is 14.5. The minimum Gasteiger partial charge on any atom is -0.463 e. The molecule has 6 heteroatoms. The van der Waals surface area contributed by atoms with Crippen molar-refractivity contribution in [1.82, 2.24) is 9.13 Å². The van der Waals surface area contributed by atoms with E-state index in [2.05, 4.69) is 6.58 Å². The molecule has 6 nitrogen and oxygen atoms in total. The van der Waals surface area contributed by atoms with Gasteiger partial charge in [-0.15, -0.1) is 0 Å². The van der Waals surface area contributed by atoms with Crippen molar-refractivity contribution in [3.05, 3.63) is 117 Å². The molecule has 0 spiro atoms. The van der Waals surface area contributed by atoms with Crippen molar-refractivity contribution in [3.63, 3.8) is 0 Å². The smallest absolute Gasteiger partial charge is 0.333 e. The standard InChI is InChI=1S/C24H24N2O4/c1-3-30-23(28)18(2)14-21-17-25(15-19-10-6-4-7-11-19)24(29)26(22(21)27)16-20-12-8-5-9-13-20/h4-13,17H,2-3,14-16H2,1H3. The summed E-state index contributed by atoms with van der Waals surface area (Å²) in [7, 11) is 0. The first kappa shape index (κ1) is 21.0. The van der Waals surface area contributed by atoms with E-state index >= 15 is 0 Å². The first-order valence-electron chi connectivity index (χ1n) is 9.75. The van der Waals surface area contributed by atoms with Gasteiger partial charge in [-0.25, -0.2) is 9.59 Å². The molecule has 0 unspecified atom stereocenters. The van der Waals surface area contributed by atoms with Gasteiger partial charge in [-0.3, -0.25) is 13.9 Å². The number of carbonyl (C=O) groups excluding carboxylic acids is 1. The van der Waals surface area contributed by atoms with E-state index in [1.807, 2.05) is 60.7 Å². The van der Waals surface area contributed by atoms with Crippen LogP contribution in [-0.4, -0.2) is 21.7 Å². The highest BCUT2D eigenvalue weighted by Crippen LogP contribution is 2.07. The molecule has 2 aromatic carbocycles. The van der Waals surface area contributed by atoms with Crippen LogP contribution >= 0.6 is 0 Å². The number of rotatable bonds is 8. The Morgan fingerprint density at radius 3 is 2.07 bits per heavy atom. The zero-order valence-electron chi connectivity index (χ0n) is 16.9. The predicted molar refractivity (Wildman–Crippen MR) is 116 cm³/mol. The van der Waals surface area contributed by atoms with Crippen molar-refractivity contribution in [3.8, 4) is 0 Å². The van der Waals surface area contributed by atoms with Crippen molar-refractivity contribution in [1.29, 1.82) is 0 Å². The summed E-state index contributed by atoms with van der Waals surface area (Å²) in [6, 6.07) is 18.8. The molecule has 0 saturated heterocycles. The summed E-state index contributed by atoms with van der Waals surface area (Å²) in [5.41, 5.74) is 1.42. The van der Waals surface area contributed by atoms with E-state index in [1.54, 1.807) is 6.92 Å². The highest BCUT2D eigenvalue weighted by atomic mass is 16.5.